The van der Waals surface area contributed by atoms with E-state index in [0.717, 1.165) is 18.4 Å². The molecule has 6 heteroatoms. The summed E-state index contributed by atoms with van der Waals surface area (Å²) in [5.41, 5.74) is 13.1. The van der Waals surface area contributed by atoms with Gasteiger partial charge in [-0.25, -0.2) is 0 Å². The summed E-state index contributed by atoms with van der Waals surface area (Å²) in [7, 11) is 0. The molecule has 6 nitrogen and oxygen atoms in total. The van der Waals surface area contributed by atoms with Gasteiger partial charge in [-0.05, 0) is 30.7 Å². The van der Waals surface area contributed by atoms with Crippen molar-refractivity contribution in [2.45, 2.75) is 64.8 Å². The van der Waals surface area contributed by atoms with Crippen LogP contribution < -0.4 is 11.5 Å². The maximum Gasteiger partial charge on any atom is 0.254 e. The minimum Gasteiger partial charge on any atom is -0.508 e. The first-order valence-corrected chi connectivity index (χ1v) is 9.50. The normalized spacial score (nSPS) is 11.0. The number of carbonyl (C=O) groups excluding carboxylic acids is 1. The molecule has 1 amide bonds. The Morgan fingerprint density at radius 3 is 2.19 bits per heavy atom. The molecule has 1 heterocycles. The molecule has 2 rings (SSSR count). The second-order valence-corrected chi connectivity index (χ2v) is 6.72. The Hall–Kier alpha value is -2.50. The summed E-state index contributed by atoms with van der Waals surface area (Å²) in [6, 6.07) is 6.62. The summed E-state index contributed by atoms with van der Waals surface area (Å²) in [4.78, 5) is 11.8. The molecule has 142 valence electrons. The van der Waals surface area contributed by atoms with Gasteiger partial charge >= 0.3 is 0 Å². The lowest BCUT2D eigenvalue weighted by Gasteiger charge is -2.09. The van der Waals surface area contributed by atoms with Gasteiger partial charge in [-0.3, -0.25) is 9.48 Å². The number of phenolic OH excluding ortho intramolecular Hbond substituents is 1. The van der Waals surface area contributed by atoms with Gasteiger partial charge < -0.3 is 16.6 Å². The number of aromatic hydroxyl groups is 1. The average molecular weight is 358 g/mol. The zero-order chi connectivity index (χ0) is 18.9. The van der Waals surface area contributed by atoms with Crippen molar-refractivity contribution < 1.29 is 9.90 Å². The zero-order valence-corrected chi connectivity index (χ0v) is 15.6. The van der Waals surface area contributed by atoms with Crippen LogP contribution in [-0.4, -0.2) is 20.8 Å². The minimum absolute atomic E-state index is 0.153. The Balaban J connectivity index is 2.03. The van der Waals surface area contributed by atoms with E-state index in [1.165, 1.54) is 38.5 Å². The number of hydrogen-bond donors (Lipinski definition) is 3. The molecule has 1 aromatic heterocycles. The summed E-state index contributed by atoms with van der Waals surface area (Å²) in [5.74, 6) is -0.274. The first-order chi connectivity index (χ1) is 12.5. The van der Waals surface area contributed by atoms with E-state index in [-0.39, 0.29) is 17.1 Å². The average Bonchev–Trinajstić information content (AvgIpc) is 2.94. The molecule has 0 saturated carbocycles. The van der Waals surface area contributed by atoms with E-state index in [1.807, 2.05) is 0 Å². The molecule has 0 aliphatic carbocycles. The maximum absolute atomic E-state index is 11.8. The van der Waals surface area contributed by atoms with Gasteiger partial charge in [0.25, 0.3) is 5.91 Å². The number of benzene rings is 1. The summed E-state index contributed by atoms with van der Waals surface area (Å²) in [6.45, 7) is 2.91. The molecule has 0 unspecified atom stereocenters. The van der Waals surface area contributed by atoms with Crippen molar-refractivity contribution >= 4 is 11.7 Å². The Labute approximate surface area is 155 Å². The van der Waals surface area contributed by atoms with Gasteiger partial charge in [0, 0.05) is 12.1 Å². The molecule has 0 bridgehead atoms. The number of carbonyl (C=O) groups is 1. The van der Waals surface area contributed by atoms with Gasteiger partial charge in [0.05, 0.1) is 5.69 Å². The number of nitrogens with two attached hydrogens (primary N) is 2. The van der Waals surface area contributed by atoms with E-state index >= 15 is 0 Å². The third-order valence-electron chi connectivity index (χ3n) is 4.59. The van der Waals surface area contributed by atoms with Crippen molar-refractivity contribution in [2.24, 2.45) is 5.73 Å². The van der Waals surface area contributed by atoms with Crippen LogP contribution in [-0.2, 0) is 6.54 Å². The first-order valence-electron chi connectivity index (χ1n) is 9.50. The van der Waals surface area contributed by atoms with Crippen molar-refractivity contribution in [1.29, 1.82) is 0 Å². The predicted molar refractivity (Wildman–Crippen MR) is 105 cm³/mol. The molecule has 0 fully saturated rings. The molecule has 2 aromatic rings. The van der Waals surface area contributed by atoms with Crippen LogP contribution >= 0.6 is 0 Å². The van der Waals surface area contributed by atoms with Crippen LogP contribution in [0.15, 0.2) is 24.3 Å². The van der Waals surface area contributed by atoms with Crippen molar-refractivity contribution in [3.05, 3.63) is 29.8 Å². The van der Waals surface area contributed by atoms with Crippen molar-refractivity contribution in [1.82, 2.24) is 9.78 Å². The largest absolute Gasteiger partial charge is 0.508 e. The molecular weight excluding hydrogens is 328 g/mol. The van der Waals surface area contributed by atoms with Gasteiger partial charge in [-0.2, -0.15) is 5.10 Å². The SMILES string of the molecule is CCCCCCCCCCn1nc(N)c(C(N)=O)c1-c1ccc(O)cc1. The molecule has 26 heavy (non-hydrogen) atoms. The number of aryl methyl sites for hydroxylation is 1. The monoisotopic (exact) mass is 358 g/mol. The van der Waals surface area contributed by atoms with Gasteiger partial charge in [0.15, 0.2) is 5.82 Å². The van der Waals surface area contributed by atoms with Crippen LogP contribution in [0.1, 0.15) is 68.6 Å². The molecular formula is C20H30N4O2. The highest BCUT2D eigenvalue weighted by molar-refractivity contribution is 6.03. The molecule has 0 spiro atoms. The Morgan fingerprint density at radius 2 is 1.62 bits per heavy atom. The maximum atomic E-state index is 11.8. The van der Waals surface area contributed by atoms with Crippen molar-refractivity contribution in [3.8, 4) is 17.0 Å². The van der Waals surface area contributed by atoms with E-state index < -0.39 is 5.91 Å². The molecule has 5 N–H and O–H groups in total. The molecule has 0 saturated heterocycles. The number of unbranched alkanes of at least 4 members (excludes halogenated alkanes) is 7. The third-order valence-corrected chi connectivity index (χ3v) is 4.59. The van der Waals surface area contributed by atoms with Gasteiger partial charge in [0.1, 0.15) is 11.3 Å². The van der Waals surface area contributed by atoms with Crippen LogP contribution in [0.2, 0.25) is 0 Å². The highest BCUT2D eigenvalue weighted by Crippen LogP contribution is 2.29. The number of phenols is 1. The smallest absolute Gasteiger partial charge is 0.254 e. The summed E-state index contributed by atoms with van der Waals surface area (Å²) in [6.07, 6.45) is 9.76. The van der Waals surface area contributed by atoms with E-state index in [1.54, 1.807) is 28.9 Å². The van der Waals surface area contributed by atoms with E-state index in [2.05, 4.69) is 12.0 Å². The second kappa shape index (κ2) is 9.85. The Morgan fingerprint density at radius 1 is 1.04 bits per heavy atom. The van der Waals surface area contributed by atoms with Crippen LogP contribution in [0.4, 0.5) is 5.82 Å². The fraction of sp³-hybridized carbons (Fsp3) is 0.500. The molecule has 0 aliphatic heterocycles. The summed E-state index contributed by atoms with van der Waals surface area (Å²) < 4.78 is 1.76. The number of nitrogen functional groups attached to an aromatic ring is 1. The first kappa shape index (κ1) is 19.8. The quantitative estimate of drug-likeness (QED) is 0.526. The Kier molecular flexibility index (Phi) is 7.51. The highest BCUT2D eigenvalue weighted by atomic mass is 16.3. The van der Waals surface area contributed by atoms with Crippen molar-refractivity contribution in [2.75, 3.05) is 5.73 Å². The van der Waals surface area contributed by atoms with E-state index in [9.17, 15) is 9.90 Å². The predicted octanol–water partition coefficient (Wildman–Crippen LogP) is 4.08. The summed E-state index contributed by atoms with van der Waals surface area (Å²) >= 11 is 0. The number of amides is 1. The lowest BCUT2D eigenvalue weighted by atomic mass is 10.1. The molecule has 0 radical (unpaired) electrons. The van der Waals surface area contributed by atoms with E-state index in [0.29, 0.717) is 12.2 Å². The number of anilines is 1. The standard InChI is InChI=1S/C20H30N4O2/c1-2-3-4-5-6-7-8-9-14-24-18(15-10-12-16(25)13-11-15)17(20(22)26)19(21)23-24/h10-13,25H,2-9,14H2,1H3,(H2,21,23)(H2,22,26). The molecule has 0 atom stereocenters. The fourth-order valence-electron chi connectivity index (χ4n) is 3.19. The Bertz CT molecular complexity index is 707. The third kappa shape index (κ3) is 5.25. The summed E-state index contributed by atoms with van der Waals surface area (Å²) in [5, 5.41) is 13.8. The van der Waals surface area contributed by atoms with Crippen molar-refractivity contribution in [3.63, 3.8) is 0 Å². The number of aromatic nitrogens is 2. The zero-order valence-electron chi connectivity index (χ0n) is 15.6. The number of hydrogen-bond acceptors (Lipinski definition) is 4. The van der Waals surface area contributed by atoms with E-state index in [4.69, 9.17) is 11.5 Å². The molecule has 1 aromatic carbocycles. The lowest BCUT2D eigenvalue weighted by molar-refractivity contribution is 0.100. The molecule has 0 aliphatic rings. The van der Waals surface area contributed by atoms with Gasteiger partial charge in [0.2, 0.25) is 0 Å². The number of primary amides is 1. The van der Waals surface area contributed by atoms with Gasteiger partial charge in [-0.1, -0.05) is 51.9 Å². The van der Waals surface area contributed by atoms with Crippen LogP contribution in [0.3, 0.4) is 0 Å². The highest BCUT2D eigenvalue weighted by Gasteiger charge is 2.21. The number of nitrogens with zero attached hydrogens (tertiary/aromatic N) is 2. The second-order valence-electron chi connectivity index (χ2n) is 6.72. The van der Waals surface area contributed by atoms with Crippen LogP contribution in [0.5, 0.6) is 5.75 Å². The lowest BCUT2D eigenvalue weighted by Crippen LogP contribution is -2.14. The number of rotatable bonds is 11. The van der Waals surface area contributed by atoms with Crippen LogP contribution in [0.25, 0.3) is 11.3 Å². The minimum atomic E-state index is -0.590. The topological polar surface area (TPSA) is 107 Å². The van der Waals surface area contributed by atoms with Crippen LogP contribution in [0, 0.1) is 0 Å². The fourth-order valence-corrected chi connectivity index (χ4v) is 3.19. The van der Waals surface area contributed by atoms with Gasteiger partial charge in [-0.15, -0.1) is 0 Å².